The summed E-state index contributed by atoms with van der Waals surface area (Å²) in [6.07, 6.45) is 1.77. The van der Waals surface area contributed by atoms with E-state index >= 15 is 0 Å². The Labute approximate surface area is 89.3 Å². The Morgan fingerprint density at radius 3 is 2.60 bits per heavy atom. The number of carbonyl (C=O) groups is 1. The highest BCUT2D eigenvalue weighted by atomic mass is 16.5. The van der Waals surface area contributed by atoms with Crippen LogP contribution in [0.4, 0.5) is 0 Å². The van der Waals surface area contributed by atoms with Crippen LogP contribution in [-0.2, 0) is 16.1 Å². The Bertz CT molecular complexity index is 327. The first-order chi connectivity index (χ1) is 7.26. The van der Waals surface area contributed by atoms with Gasteiger partial charge in [-0.15, -0.1) is 6.58 Å². The third-order valence-corrected chi connectivity index (χ3v) is 1.87. The van der Waals surface area contributed by atoms with Crippen LogP contribution in [0.2, 0.25) is 0 Å². The lowest BCUT2D eigenvalue weighted by Gasteiger charge is -2.04. The average molecular weight is 206 g/mol. The minimum absolute atomic E-state index is 0.246. The Hall–Kier alpha value is -1.77. The van der Waals surface area contributed by atoms with Gasteiger partial charge >= 0.3 is 5.97 Å². The monoisotopic (exact) mass is 206 g/mol. The first kappa shape index (κ1) is 11.3. The zero-order valence-corrected chi connectivity index (χ0v) is 8.73. The predicted octanol–water partition coefficient (Wildman–Crippen LogP) is 2.31. The van der Waals surface area contributed by atoms with E-state index in [9.17, 15) is 4.79 Å². The molecule has 80 valence electrons. The van der Waals surface area contributed by atoms with E-state index in [1.807, 2.05) is 24.3 Å². The third-order valence-electron chi connectivity index (χ3n) is 1.87. The summed E-state index contributed by atoms with van der Waals surface area (Å²) in [6.45, 7) is 3.75. The van der Waals surface area contributed by atoms with Crippen molar-refractivity contribution in [2.24, 2.45) is 0 Å². The second-order valence-corrected chi connectivity index (χ2v) is 3.00. The van der Waals surface area contributed by atoms with Crippen molar-refractivity contribution >= 4 is 5.97 Å². The molecule has 0 amide bonds. The Morgan fingerprint density at radius 2 is 2.07 bits per heavy atom. The molecule has 0 spiro atoms. The number of methoxy groups -OCH3 is 1. The van der Waals surface area contributed by atoms with Crippen molar-refractivity contribution in [1.29, 1.82) is 0 Å². The van der Waals surface area contributed by atoms with Gasteiger partial charge in [0.25, 0.3) is 0 Å². The molecule has 0 aliphatic carbocycles. The maximum Gasteiger partial charge on any atom is 0.309 e. The van der Waals surface area contributed by atoms with Gasteiger partial charge in [0.15, 0.2) is 0 Å². The van der Waals surface area contributed by atoms with Crippen LogP contribution in [0.1, 0.15) is 12.0 Å². The van der Waals surface area contributed by atoms with Gasteiger partial charge in [-0.05, 0) is 17.7 Å². The molecule has 1 aromatic carbocycles. The van der Waals surface area contributed by atoms with E-state index < -0.39 is 0 Å². The molecule has 1 rings (SSSR count). The van der Waals surface area contributed by atoms with Crippen molar-refractivity contribution in [3.8, 4) is 5.75 Å². The normalized spacial score (nSPS) is 9.40. The van der Waals surface area contributed by atoms with Crippen LogP contribution >= 0.6 is 0 Å². The van der Waals surface area contributed by atoms with Gasteiger partial charge in [0.2, 0.25) is 0 Å². The van der Waals surface area contributed by atoms with Gasteiger partial charge in [-0.1, -0.05) is 18.2 Å². The smallest absolute Gasteiger partial charge is 0.309 e. The number of esters is 1. The van der Waals surface area contributed by atoms with Crippen LogP contribution in [0.25, 0.3) is 0 Å². The van der Waals surface area contributed by atoms with Crippen LogP contribution in [0.3, 0.4) is 0 Å². The lowest BCUT2D eigenvalue weighted by molar-refractivity contribution is -0.143. The summed E-state index contributed by atoms with van der Waals surface area (Å²) in [5.41, 5.74) is 0.938. The standard InChI is InChI=1S/C12H14O3/c1-3-4-12(13)15-9-10-5-7-11(14-2)8-6-10/h3,5-8H,1,4,9H2,2H3. The summed E-state index contributed by atoms with van der Waals surface area (Å²) in [7, 11) is 1.61. The quantitative estimate of drug-likeness (QED) is 0.548. The first-order valence-electron chi connectivity index (χ1n) is 4.65. The van der Waals surface area contributed by atoms with Gasteiger partial charge in [0.1, 0.15) is 12.4 Å². The molecule has 0 heterocycles. The van der Waals surface area contributed by atoms with Gasteiger partial charge in [0.05, 0.1) is 13.5 Å². The maximum absolute atomic E-state index is 11.0. The van der Waals surface area contributed by atoms with E-state index in [1.165, 1.54) is 6.08 Å². The molecule has 3 heteroatoms. The van der Waals surface area contributed by atoms with E-state index in [4.69, 9.17) is 9.47 Å². The number of hydrogen-bond donors (Lipinski definition) is 0. The van der Waals surface area contributed by atoms with Crippen molar-refractivity contribution in [3.05, 3.63) is 42.5 Å². The number of carbonyl (C=O) groups excluding carboxylic acids is 1. The number of hydrogen-bond acceptors (Lipinski definition) is 3. The second-order valence-electron chi connectivity index (χ2n) is 3.00. The van der Waals surface area contributed by atoms with Crippen LogP contribution in [0.5, 0.6) is 5.75 Å². The van der Waals surface area contributed by atoms with E-state index in [1.54, 1.807) is 7.11 Å². The molecule has 0 aromatic heterocycles. The van der Waals surface area contributed by atoms with E-state index in [0.29, 0.717) is 0 Å². The first-order valence-corrected chi connectivity index (χ1v) is 4.65. The number of rotatable bonds is 5. The summed E-state index contributed by atoms with van der Waals surface area (Å²) < 4.78 is 10.0. The van der Waals surface area contributed by atoms with Crippen molar-refractivity contribution in [1.82, 2.24) is 0 Å². The highest BCUT2D eigenvalue weighted by Gasteiger charge is 2.00. The van der Waals surface area contributed by atoms with Gasteiger partial charge in [0, 0.05) is 0 Å². The fourth-order valence-corrected chi connectivity index (χ4v) is 1.06. The van der Waals surface area contributed by atoms with E-state index in [0.717, 1.165) is 11.3 Å². The molecular formula is C12H14O3. The molecule has 0 unspecified atom stereocenters. The molecule has 0 saturated carbocycles. The topological polar surface area (TPSA) is 35.5 Å². The van der Waals surface area contributed by atoms with Crippen molar-refractivity contribution in [2.45, 2.75) is 13.0 Å². The Kier molecular flexibility index (Phi) is 4.41. The molecule has 0 bridgehead atoms. The average Bonchev–Trinajstić information content (AvgIpc) is 2.27. The fraction of sp³-hybridized carbons (Fsp3) is 0.250. The molecule has 0 atom stereocenters. The summed E-state index contributed by atoms with van der Waals surface area (Å²) in [4.78, 5) is 11.0. The lowest BCUT2D eigenvalue weighted by atomic mass is 10.2. The highest BCUT2D eigenvalue weighted by Crippen LogP contribution is 2.12. The minimum Gasteiger partial charge on any atom is -0.497 e. The minimum atomic E-state index is -0.263. The summed E-state index contributed by atoms with van der Waals surface area (Å²) in [5, 5.41) is 0. The van der Waals surface area contributed by atoms with Crippen LogP contribution in [0, 0.1) is 0 Å². The number of benzene rings is 1. The zero-order chi connectivity index (χ0) is 11.1. The SMILES string of the molecule is C=CCC(=O)OCc1ccc(OC)cc1. The largest absolute Gasteiger partial charge is 0.497 e. The molecule has 0 fully saturated rings. The fourth-order valence-electron chi connectivity index (χ4n) is 1.06. The molecular weight excluding hydrogens is 192 g/mol. The van der Waals surface area contributed by atoms with E-state index in [2.05, 4.69) is 6.58 Å². The third kappa shape index (κ3) is 3.85. The molecule has 0 aliphatic heterocycles. The summed E-state index contributed by atoms with van der Waals surface area (Å²) in [6, 6.07) is 7.38. The van der Waals surface area contributed by atoms with Crippen molar-refractivity contribution in [2.75, 3.05) is 7.11 Å². The molecule has 1 aromatic rings. The zero-order valence-electron chi connectivity index (χ0n) is 8.73. The van der Waals surface area contributed by atoms with Gasteiger partial charge in [-0.3, -0.25) is 4.79 Å². The van der Waals surface area contributed by atoms with Crippen LogP contribution in [-0.4, -0.2) is 13.1 Å². The second kappa shape index (κ2) is 5.86. The van der Waals surface area contributed by atoms with Gasteiger partial charge in [-0.25, -0.2) is 0 Å². The van der Waals surface area contributed by atoms with Crippen LogP contribution in [0.15, 0.2) is 36.9 Å². The molecule has 0 N–H and O–H groups in total. The van der Waals surface area contributed by atoms with Gasteiger partial charge < -0.3 is 9.47 Å². The van der Waals surface area contributed by atoms with E-state index in [-0.39, 0.29) is 19.0 Å². The summed E-state index contributed by atoms with van der Waals surface area (Å²) in [5.74, 6) is 0.525. The molecule has 0 aliphatic rings. The number of ether oxygens (including phenoxy) is 2. The van der Waals surface area contributed by atoms with Gasteiger partial charge in [-0.2, -0.15) is 0 Å². The molecule has 0 saturated heterocycles. The molecule has 15 heavy (non-hydrogen) atoms. The molecule has 3 nitrogen and oxygen atoms in total. The summed E-state index contributed by atoms with van der Waals surface area (Å²) >= 11 is 0. The lowest BCUT2D eigenvalue weighted by Crippen LogP contribution is -2.02. The Morgan fingerprint density at radius 1 is 1.40 bits per heavy atom. The predicted molar refractivity (Wildman–Crippen MR) is 57.6 cm³/mol. The Balaban J connectivity index is 2.43. The maximum atomic E-state index is 11.0. The van der Waals surface area contributed by atoms with Crippen LogP contribution < -0.4 is 4.74 Å². The van der Waals surface area contributed by atoms with Crippen molar-refractivity contribution < 1.29 is 14.3 Å². The molecule has 0 radical (unpaired) electrons. The highest BCUT2D eigenvalue weighted by molar-refractivity contribution is 5.70. The van der Waals surface area contributed by atoms with Crippen molar-refractivity contribution in [3.63, 3.8) is 0 Å².